The van der Waals surface area contributed by atoms with E-state index in [9.17, 15) is 15.0 Å². The van der Waals surface area contributed by atoms with Gasteiger partial charge in [-0.15, -0.1) is 5.10 Å². The Morgan fingerprint density at radius 3 is 2.48 bits per heavy atom. The van der Waals surface area contributed by atoms with E-state index in [1.807, 2.05) is 36.4 Å². The Balaban J connectivity index is 1.35. The normalized spacial score (nSPS) is 20.1. The summed E-state index contributed by atoms with van der Waals surface area (Å²) in [6.45, 7) is 5.70. The van der Waals surface area contributed by atoms with Crippen LogP contribution in [-0.4, -0.2) is 55.0 Å². The van der Waals surface area contributed by atoms with E-state index in [1.54, 1.807) is 41.1 Å². The number of aromatic nitrogens is 4. The van der Waals surface area contributed by atoms with E-state index < -0.39 is 12.4 Å². The third-order valence-electron chi connectivity index (χ3n) is 6.80. The number of anilines is 1. The standard InChI is InChI=1S/C30H31N5O6S/c1-3-16-39-30(38)31-23-10-8-22(9-11-23)28-40-26(19(2)27(41-28)21-6-4-20(17-36)5-7-21)18-42-29-32-33-34-35(29)24-12-14-25(37)15-13-24/h3-15,19,26-28,36-37H,1,16-18H2,2H3,(H,31,38). The van der Waals surface area contributed by atoms with Gasteiger partial charge in [-0.05, 0) is 58.0 Å². The molecule has 11 nitrogen and oxygen atoms in total. The molecular weight excluding hydrogens is 558 g/mol. The number of aliphatic hydroxyl groups excluding tert-OH is 1. The van der Waals surface area contributed by atoms with Crippen molar-refractivity contribution in [3.05, 3.63) is 102 Å². The van der Waals surface area contributed by atoms with Crippen molar-refractivity contribution in [1.82, 2.24) is 20.2 Å². The van der Waals surface area contributed by atoms with Crippen LogP contribution in [0.5, 0.6) is 5.75 Å². The Bertz CT molecular complexity index is 1480. The summed E-state index contributed by atoms with van der Waals surface area (Å²) in [6, 6.07) is 21.5. The molecule has 5 rings (SSSR count). The quantitative estimate of drug-likeness (QED) is 0.167. The molecule has 1 fully saturated rings. The smallest absolute Gasteiger partial charge is 0.411 e. The van der Waals surface area contributed by atoms with Gasteiger partial charge in [0.25, 0.3) is 0 Å². The van der Waals surface area contributed by atoms with E-state index in [-0.39, 0.29) is 37.1 Å². The molecule has 1 aliphatic rings. The number of rotatable bonds is 10. The highest BCUT2D eigenvalue weighted by Crippen LogP contribution is 2.43. The fraction of sp³-hybridized carbons (Fsp3) is 0.267. The minimum Gasteiger partial charge on any atom is -0.508 e. The summed E-state index contributed by atoms with van der Waals surface area (Å²) in [7, 11) is 0. The second-order valence-corrected chi connectivity index (χ2v) is 10.6. The van der Waals surface area contributed by atoms with Crippen LogP contribution in [0, 0.1) is 5.92 Å². The van der Waals surface area contributed by atoms with E-state index in [2.05, 4.69) is 34.3 Å². The molecule has 0 aliphatic carbocycles. The lowest BCUT2D eigenvalue weighted by Crippen LogP contribution is -2.38. The number of tetrazole rings is 1. The molecule has 1 saturated heterocycles. The van der Waals surface area contributed by atoms with E-state index in [1.165, 1.54) is 17.8 Å². The first-order chi connectivity index (χ1) is 20.4. The number of aromatic hydroxyl groups is 1. The maximum atomic E-state index is 11.9. The number of phenolic OH excluding ortho intramolecular Hbond substituents is 1. The van der Waals surface area contributed by atoms with Crippen molar-refractivity contribution in [2.45, 2.75) is 37.2 Å². The molecule has 4 atom stereocenters. The Kier molecular flexibility index (Phi) is 9.49. The zero-order valence-corrected chi connectivity index (χ0v) is 23.7. The van der Waals surface area contributed by atoms with Crippen LogP contribution in [0.3, 0.4) is 0 Å². The summed E-state index contributed by atoms with van der Waals surface area (Å²) < 4.78 is 19.6. The van der Waals surface area contributed by atoms with Crippen molar-refractivity contribution < 1.29 is 29.2 Å². The number of carbonyl (C=O) groups is 1. The van der Waals surface area contributed by atoms with Crippen molar-refractivity contribution in [3.63, 3.8) is 0 Å². The third kappa shape index (κ3) is 6.97. The van der Waals surface area contributed by atoms with E-state index >= 15 is 0 Å². The summed E-state index contributed by atoms with van der Waals surface area (Å²) in [5.41, 5.74) is 3.87. The van der Waals surface area contributed by atoms with Gasteiger partial charge in [-0.1, -0.05) is 67.7 Å². The zero-order valence-electron chi connectivity index (χ0n) is 22.9. The van der Waals surface area contributed by atoms with Crippen LogP contribution in [0.4, 0.5) is 10.5 Å². The van der Waals surface area contributed by atoms with Gasteiger partial charge in [0.1, 0.15) is 12.4 Å². The number of benzene rings is 3. The minimum atomic E-state index is -0.677. The van der Waals surface area contributed by atoms with Crippen LogP contribution in [0.1, 0.15) is 36.0 Å². The molecule has 0 spiro atoms. The second-order valence-electron chi connectivity index (χ2n) is 9.66. The predicted molar refractivity (Wildman–Crippen MR) is 156 cm³/mol. The number of ether oxygens (including phenoxy) is 3. The minimum absolute atomic E-state index is 0.0349. The molecule has 218 valence electrons. The lowest BCUT2D eigenvalue weighted by Gasteiger charge is -2.41. The van der Waals surface area contributed by atoms with Crippen LogP contribution in [-0.2, 0) is 20.8 Å². The summed E-state index contributed by atoms with van der Waals surface area (Å²) in [5, 5.41) is 34.5. The van der Waals surface area contributed by atoms with Crippen LogP contribution >= 0.6 is 11.8 Å². The Morgan fingerprint density at radius 1 is 1.07 bits per heavy atom. The van der Waals surface area contributed by atoms with Crippen molar-refractivity contribution in [2.75, 3.05) is 17.7 Å². The average Bonchev–Trinajstić information content (AvgIpc) is 3.49. The molecule has 1 aromatic heterocycles. The lowest BCUT2D eigenvalue weighted by molar-refractivity contribution is -0.268. The van der Waals surface area contributed by atoms with Gasteiger partial charge < -0.3 is 24.4 Å². The SMILES string of the molecule is C=CCOC(=O)Nc1ccc(C2OC(CSc3nnnn3-c3ccc(O)cc3)C(C)C(c3ccc(CO)cc3)O2)cc1. The molecule has 3 N–H and O–H groups in total. The summed E-state index contributed by atoms with van der Waals surface area (Å²) in [5.74, 6) is 0.665. The van der Waals surface area contributed by atoms with Crippen LogP contribution < -0.4 is 5.32 Å². The molecule has 2 heterocycles. The first-order valence-corrected chi connectivity index (χ1v) is 14.3. The van der Waals surface area contributed by atoms with Gasteiger partial charge in [-0.2, -0.15) is 4.68 Å². The monoisotopic (exact) mass is 589 g/mol. The van der Waals surface area contributed by atoms with Gasteiger partial charge in [-0.25, -0.2) is 4.79 Å². The number of nitrogens with zero attached hydrogens (tertiary/aromatic N) is 4. The number of aliphatic hydroxyl groups is 1. The maximum Gasteiger partial charge on any atom is 0.411 e. The van der Waals surface area contributed by atoms with Crippen LogP contribution in [0.15, 0.2) is 90.6 Å². The number of amides is 1. The molecule has 4 aromatic rings. The number of hydrogen-bond acceptors (Lipinski definition) is 10. The van der Waals surface area contributed by atoms with E-state index in [4.69, 9.17) is 14.2 Å². The number of thioether (sulfide) groups is 1. The van der Waals surface area contributed by atoms with Crippen LogP contribution in [0.2, 0.25) is 0 Å². The second kappa shape index (κ2) is 13.6. The number of phenols is 1. The summed E-state index contributed by atoms with van der Waals surface area (Å²) >= 11 is 1.46. The average molecular weight is 590 g/mol. The molecule has 3 aromatic carbocycles. The molecule has 42 heavy (non-hydrogen) atoms. The lowest BCUT2D eigenvalue weighted by atomic mass is 9.91. The molecule has 0 radical (unpaired) electrons. The van der Waals surface area contributed by atoms with Crippen molar-refractivity contribution in [2.24, 2.45) is 5.92 Å². The predicted octanol–water partition coefficient (Wildman–Crippen LogP) is 5.18. The van der Waals surface area contributed by atoms with Crippen molar-refractivity contribution >= 4 is 23.5 Å². The number of hydrogen-bond donors (Lipinski definition) is 3. The van der Waals surface area contributed by atoms with Gasteiger partial charge >= 0.3 is 6.09 Å². The first kappa shape index (κ1) is 29.3. The Hall–Kier alpha value is -4.23. The fourth-order valence-electron chi connectivity index (χ4n) is 4.50. The highest BCUT2D eigenvalue weighted by Gasteiger charge is 2.38. The third-order valence-corrected chi connectivity index (χ3v) is 7.80. The Morgan fingerprint density at radius 2 is 1.79 bits per heavy atom. The largest absolute Gasteiger partial charge is 0.508 e. The van der Waals surface area contributed by atoms with Gasteiger partial charge in [0.15, 0.2) is 6.29 Å². The Labute approximate surface area is 247 Å². The highest BCUT2D eigenvalue weighted by atomic mass is 32.2. The van der Waals surface area contributed by atoms with E-state index in [0.29, 0.717) is 16.6 Å². The molecule has 4 unspecified atom stereocenters. The fourth-order valence-corrected chi connectivity index (χ4v) is 5.56. The van der Waals surface area contributed by atoms with E-state index in [0.717, 1.165) is 22.4 Å². The number of carbonyl (C=O) groups excluding carboxylic acids is 1. The molecular formula is C30H31N5O6S. The van der Waals surface area contributed by atoms with Gasteiger partial charge in [0, 0.05) is 22.9 Å². The molecule has 12 heteroatoms. The van der Waals surface area contributed by atoms with Gasteiger partial charge in [-0.3, -0.25) is 5.32 Å². The topological polar surface area (TPSA) is 141 Å². The van der Waals surface area contributed by atoms with Crippen LogP contribution in [0.25, 0.3) is 5.69 Å². The summed E-state index contributed by atoms with van der Waals surface area (Å²) in [4.78, 5) is 11.9. The molecule has 1 amide bonds. The van der Waals surface area contributed by atoms with Gasteiger partial charge in [0.2, 0.25) is 5.16 Å². The zero-order chi connectivity index (χ0) is 29.5. The maximum absolute atomic E-state index is 11.9. The molecule has 0 bridgehead atoms. The van der Waals surface area contributed by atoms with Crippen molar-refractivity contribution in [1.29, 1.82) is 0 Å². The first-order valence-electron chi connectivity index (χ1n) is 13.3. The highest BCUT2D eigenvalue weighted by molar-refractivity contribution is 7.99. The molecule has 0 saturated carbocycles. The summed E-state index contributed by atoms with van der Waals surface area (Å²) in [6.07, 6.45) is -0.281. The van der Waals surface area contributed by atoms with Crippen molar-refractivity contribution in [3.8, 4) is 11.4 Å². The number of nitrogens with one attached hydrogen (secondary N) is 1. The van der Waals surface area contributed by atoms with Gasteiger partial charge in [0.05, 0.1) is 24.5 Å². The molecule has 1 aliphatic heterocycles.